The van der Waals surface area contributed by atoms with E-state index in [9.17, 15) is 4.79 Å². The second-order valence-electron chi connectivity index (χ2n) is 6.03. The Morgan fingerprint density at radius 2 is 2.05 bits per heavy atom. The molecule has 1 amide bonds. The molecule has 0 saturated heterocycles. The summed E-state index contributed by atoms with van der Waals surface area (Å²) in [5.74, 6) is 1.94. The zero-order valence-electron chi connectivity index (χ0n) is 12.7. The molecule has 4 nitrogen and oxygen atoms in total. The molecule has 1 aromatic carbocycles. The molecule has 1 atom stereocenters. The van der Waals surface area contributed by atoms with Crippen molar-refractivity contribution in [1.82, 2.24) is 4.90 Å². The first-order chi connectivity index (χ1) is 9.44. The van der Waals surface area contributed by atoms with Crippen molar-refractivity contribution in [2.45, 2.75) is 20.3 Å². The number of likely N-dealkylation sites (N-methyl/N-ethyl adjacent to an activating group) is 1. The minimum absolute atomic E-state index is 0.180. The first kappa shape index (κ1) is 14.7. The quantitative estimate of drug-likeness (QED) is 0.802. The van der Waals surface area contributed by atoms with Crippen LogP contribution in [0.1, 0.15) is 20.3 Å². The molecule has 0 radical (unpaired) electrons. The Kier molecular flexibility index (Phi) is 4.21. The lowest BCUT2D eigenvalue weighted by molar-refractivity contribution is -0.132. The van der Waals surface area contributed by atoms with Gasteiger partial charge in [0.25, 0.3) is 0 Å². The molecule has 0 N–H and O–H groups in total. The molecule has 2 rings (SSSR count). The summed E-state index contributed by atoms with van der Waals surface area (Å²) < 4.78 is 10.8. The Bertz CT molecular complexity index is 484. The number of carbonyl (C=O) groups is 1. The summed E-state index contributed by atoms with van der Waals surface area (Å²) in [6.07, 6.45) is 0.993. The molecule has 110 valence electrons. The van der Waals surface area contributed by atoms with Crippen molar-refractivity contribution in [1.29, 1.82) is 0 Å². The van der Waals surface area contributed by atoms with Crippen LogP contribution < -0.4 is 9.47 Å². The Labute approximate surface area is 120 Å². The maximum Gasteiger partial charge on any atom is 0.226 e. The second-order valence-corrected chi connectivity index (χ2v) is 6.03. The van der Waals surface area contributed by atoms with E-state index in [-0.39, 0.29) is 17.2 Å². The SMILES string of the molecule is COc1cccc(OCCN(C)C(=O)C2CC2(C)C)c1. The monoisotopic (exact) mass is 277 g/mol. The van der Waals surface area contributed by atoms with Crippen LogP contribution in [0.15, 0.2) is 24.3 Å². The van der Waals surface area contributed by atoms with Crippen molar-refractivity contribution in [3.05, 3.63) is 24.3 Å². The van der Waals surface area contributed by atoms with Crippen molar-refractivity contribution in [3.63, 3.8) is 0 Å². The fraction of sp³-hybridized carbons (Fsp3) is 0.562. The van der Waals surface area contributed by atoms with Crippen molar-refractivity contribution < 1.29 is 14.3 Å². The molecule has 1 unspecified atom stereocenters. The van der Waals surface area contributed by atoms with E-state index in [1.54, 1.807) is 12.0 Å². The van der Waals surface area contributed by atoms with Gasteiger partial charge in [-0.1, -0.05) is 19.9 Å². The standard InChI is InChI=1S/C16H23NO3/c1-16(2)11-14(16)15(18)17(3)8-9-20-13-7-5-6-12(10-13)19-4/h5-7,10,14H,8-9,11H2,1-4H3. The molecular weight excluding hydrogens is 254 g/mol. The highest BCUT2D eigenvalue weighted by Gasteiger charge is 2.51. The van der Waals surface area contributed by atoms with E-state index in [0.717, 1.165) is 17.9 Å². The zero-order valence-corrected chi connectivity index (χ0v) is 12.7. The highest BCUT2D eigenvalue weighted by atomic mass is 16.5. The van der Waals surface area contributed by atoms with Gasteiger partial charge in [0.1, 0.15) is 18.1 Å². The average Bonchev–Trinajstić information content (AvgIpc) is 3.07. The van der Waals surface area contributed by atoms with Gasteiger partial charge in [-0.2, -0.15) is 0 Å². The minimum Gasteiger partial charge on any atom is -0.497 e. The van der Waals surface area contributed by atoms with E-state index in [1.807, 2.05) is 31.3 Å². The Morgan fingerprint density at radius 3 is 2.65 bits per heavy atom. The summed E-state index contributed by atoms with van der Waals surface area (Å²) in [7, 11) is 3.47. The van der Waals surface area contributed by atoms with Crippen LogP contribution in [0.3, 0.4) is 0 Å². The van der Waals surface area contributed by atoms with Crippen molar-refractivity contribution in [2.75, 3.05) is 27.3 Å². The molecule has 1 aliphatic carbocycles. The molecule has 1 fully saturated rings. The summed E-state index contributed by atoms with van der Waals surface area (Å²) in [4.78, 5) is 13.9. The number of benzene rings is 1. The van der Waals surface area contributed by atoms with Gasteiger partial charge in [-0.05, 0) is 24.0 Å². The summed E-state index contributed by atoms with van der Waals surface area (Å²) in [6, 6.07) is 7.48. The number of carbonyl (C=O) groups excluding carboxylic acids is 1. The van der Waals surface area contributed by atoms with Gasteiger partial charge >= 0.3 is 0 Å². The van der Waals surface area contributed by atoms with E-state index >= 15 is 0 Å². The van der Waals surface area contributed by atoms with E-state index in [2.05, 4.69) is 13.8 Å². The van der Waals surface area contributed by atoms with E-state index in [4.69, 9.17) is 9.47 Å². The molecule has 0 heterocycles. The number of rotatable bonds is 6. The van der Waals surface area contributed by atoms with Crippen molar-refractivity contribution >= 4 is 5.91 Å². The average molecular weight is 277 g/mol. The normalized spacial score (nSPS) is 19.3. The molecule has 0 aromatic heterocycles. The second kappa shape index (κ2) is 5.73. The maximum absolute atomic E-state index is 12.1. The van der Waals surface area contributed by atoms with Gasteiger partial charge in [0, 0.05) is 19.0 Å². The molecule has 4 heteroatoms. The lowest BCUT2D eigenvalue weighted by Crippen LogP contribution is -2.33. The van der Waals surface area contributed by atoms with Crippen LogP contribution in [0, 0.1) is 11.3 Å². The Hall–Kier alpha value is -1.71. The number of hydrogen-bond donors (Lipinski definition) is 0. The lowest BCUT2D eigenvalue weighted by Gasteiger charge is -2.18. The lowest BCUT2D eigenvalue weighted by atomic mass is 10.1. The van der Waals surface area contributed by atoms with E-state index in [0.29, 0.717) is 13.2 Å². The third-order valence-corrected chi connectivity index (χ3v) is 3.92. The molecule has 1 saturated carbocycles. The zero-order chi connectivity index (χ0) is 14.8. The van der Waals surface area contributed by atoms with Crippen LogP contribution in [0.4, 0.5) is 0 Å². The summed E-state index contributed by atoms with van der Waals surface area (Å²) in [5.41, 5.74) is 0.180. The van der Waals surface area contributed by atoms with Gasteiger partial charge in [0.2, 0.25) is 5.91 Å². The summed E-state index contributed by atoms with van der Waals surface area (Å²) in [6.45, 7) is 5.36. The van der Waals surface area contributed by atoms with Gasteiger partial charge in [-0.3, -0.25) is 4.79 Å². The minimum atomic E-state index is 0.180. The molecular formula is C16H23NO3. The first-order valence-corrected chi connectivity index (χ1v) is 6.96. The molecule has 0 aliphatic heterocycles. The number of hydrogen-bond acceptors (Lipinski definition) is 3. The van der Waals surface area contributed by atoms with Crippen molar-refractivity contribution in [3.8, 4) is 11.5 Å². The molecule has 0 bridgehead atoms. The van der Waals surface area contributed by atoms with Gasteiger partial charge in [0.05, 0.1) is 13.7 Å². The van der Waals surface area contributed by atoms with Crippen LogP contribution in [-0.2, 0) is 4.79 Å². The van der Waals surface area contributed by atoms with Crippen LogP contribution in [0.5, 0.6) is 11.5 Å². The highest BCUT2D eigenvalue weighted by molar-refractivity contribution is 5.82. The van der Waals surface area contributed by atoms with Crippen LogP contribution >= 0.6 is 0 Å². The first-order valence-electron chi connectivity index (χ1n) is 6.96. The van der Waals surface area contributed by atoms with Crippen LogP contribution in [-0.4, -0.2) is 38.1 Å². The molecule has 1 aromatic rings. The smallest absolute Gasteiger partial charge is 0.226 e. The number of amides is 1. The van der Waals surface area contributed by atoms with Crippen molar-refractivity contribution in [2.24, 2.45) is 11.3 Å². The van der Waals surface area contributed by atoms with Gasteiger partial charge in [-0.15, -0.1) is 0 Å². The topological polar surface area (TPSA) is 38.8 Å². The number of methoxy groups -OCH3 is 1. The largest absolute Gasteiger partial charge is 0.497 e. The summed E-state index contributed by atoms with van der Waals surface area (Å²) in [5, 5.41) is 0. The molecule has 20 heavy (non-hydrogen) atoms. The van der Waals surface area contributed by atoms with Gasteiger partial charge < -0.3 is 14.4 Å². The van der Waals surface area contributed by atoms with Crippen LogP contribution in [0.2, 0.25) is 0 Å². The number of ether oxygens (including phenoxy) is 2. The summed E-state index contributed by atoms with van der Waals surface area (Å²) >= 11 is 0. The van der Waals surface area contributed by atoms with Crippen LogP contribution in [0.25, 0.3) is 0 Å². The predicted octanol–water partition coefficient (Wildman–Crippen LogP) is 2.58. The van der Waals surface area contributed by atoms with E-state index in [1.165, 1.54) is 0 Å². The number of nitrogens with zero attached hydrogens (tertiary/aromatic N) is 1. The third-order valence-electron chi connectivity index (χ3n) is 3.92. The fourth-order valence-corrected chi connectivity index (χ4v) is 2.26. The Morgan fingerprint density at radius 1 is 1.40 bits per heavy atom. The highest BCUT2D eigenvalue weighted by Crippen LogP contribution is 2.52. The third kappa shape index (κ3) is 3.44. The maximum atomic E-state index is 12.1. The predicted molar refractivity (Wildman–Crippen MR) is 78.0 cm³/mol. The molecule has 0 spiro atoms. The van der Waals surface area contributed by atoms with E-state index < -0.39 is 0 Å². The van der Waals surface area contributed by atoms with Gasteiger partial charge in [-0.25, -0.2) is 0 Å². The fourth-order valence-electron chi connectivity index (χ4n) is 2.26. The van der Waals surface area contributed by atoms with Gasteiger partial charge in [0.15, 0.2) is 0 Å². The Balaban J connectivity index is 1.76. The molecule has 1 aliphatic rings.